The smallest absolute Gasteiger partial charge is 0.0978 e. The van der Waals surface area contributed by atoms with Gasteiger partial charge in [-0.05, 0) is 45.8 Å². The summed E-state index contributed by atoms with van der Waals surface area (Å²) in [5.41, 5.74) is 6.05. The Morgan fingerprint density at radius 3 is 1.92 bits per heavy atom. The maximum atomic E-state index is 4.79. The van der Waals surface area contributed by atoms with Crippen molar-refractivity contribution in [3.63, 3.8) is 0 Å². The molecule has 2 heteroatoms. The van der Waals surface area contributed by atoms with Crippen molar-refractivity contribution in [2.24, 2.45) is 0 Å². The molecule has 0 unspecified atom stereocenters. The Balaban J connectivity index is 1.98. The molecule has 0 radical (unpaired) electrons. The quantitative estimate of drug-likeness (QED) is 0.417. The summed E-state index contributed by atoms with van der Waals surface area (Å²) in [7, 11) is 0. The van der Waals surface area contributed by atoms with E-state index < -0.39 is 0 Å². The number of aromatic nitrogens is 1. The van der Waals surface area contributed by atoms with Crippen molar-refractivity contribution in [2.45, 2.75) is 5.41 Å². The summed E-state index contributed by atoms with van der Waals surface area (Å²) >= 11 is 1.80. The van der Waals surface area contributed by atoms with Crippen LogP contribution >= 0.6 is 11.3 Å². The number of benzene rings is 2. The third kappa shape index (κ3) is 1.66. The molecule has 2 aromatic carbocycles. The summed E-state index contributed by atoms with van der Waals surface area (Å²) in [5.74, 6) is 0. The molecule has 24 heavy (non-hydrogen) atoms. The van der Waals surface area contributed by atoms with Crippen LogP contribution in [0, 0.1) is 0 Å². The minimum atomic E-state index is -0.317. The van der Waals surface area contributed by atoms with E-state index in [1.165, 1.54) is 27.1 Å². The second kappa shape index (κ2) is 5.15. The molecule has 2 heterocycles. The summed E-state index contributed by atoms with van der Waals surface area (Å²) in [6.07, 6.45) is 1.90. The number of rotatable bonds is 2. The Morgan fingerprint density at radius 1 is 0.667 bits per heavy atom. The second-order valence-electron chi connectivity index (χ2n) is 6.03. The van der Waals surface area contributed by atoms with Crippen LogP contribution in [0.1, 0.15) is 21.7 Å². The van der Waals surface area contributed by atoms with E-state index in [2.05, 4.69) is 78.2 Å². The van der Waals surface area contributed by atoms with Crippen LogP contribution in [0.25, 0.3) is 11.1 Å². The average Bonchev–Trinajstić information content (AvgIpc) is 3.28. The summed E-state index contributed by atoms with van der Waals surface area (Å²) in [4.78, 5) is 6.11. The Labute approximate surface area is 145 Å². The maximum Gasteiger partial charge on any atom is 0.0978 e. The van der Waals surface area contributed by atoms with Gasteiger partial charge in [-0.1, -0.05) is 60.7 Å². The molecule has 0 bridgehead atoms. The van der Waals surface area contributed by atoms with Gasteiger partial charge in [-0.2, -0.15) is 0 Å². The lowest BCUT2D eigenvalue weighted by atomic mass is 9.74. The van der Waals surface area contributed by atoms with Gasteiger partial charge >= 0.3 is 0 Å². The number of hydrogen-bond donors (Lipinski definition) is 0. The number of pyridine rings is 1. The third-order valence-electron chi connectivity index (χ3n) is 4.89. The lowest BCUT2D eigenvalue weighted by Crippen LogP contribution is -2.28. The second-order valence-corrected chi connectivity index (χ2v) is 6.98. The van der Waals surface area contributed by atoms with Crippen molar-refractivity contribution in [1.82, 2.24) is 4.98 Å². The highest BCUT2D eigenvalue weighted by Gasteiger charge is 2.47. The van der Waals surface area contributed by atoms with E-state index in [9.17, 15) is 0 Å². The van der Waals surface area contributed by atoms with Gasteiger partial charge in [0.05, 0.1) is 11.1 Å². The van der Waals surface area contributed by atoms with Gasteiger partial charge in [0.15, 0.2) is 0 Å². The Bertz CT molecular complexity index is 958. The molecule has 2 aromatic heterocycles. The van der Waals surface area contributed by atoms with E-state index in [0.29, 0.717) is 0 Å². The zero-order valence-corrected chi connectivity index (χ0v) is 13.8. The molecule has 114 valence electrons. The summed E-state index contributed by atoms with van der Waals surface area (Å²) < 4.78 is 0. The fourth-order valence-electron chi connectivity index (χ4n) is 3.98. The normalized spacial score (nSPS) is 14.2. The van der Waals surface area contributed by atoms with Gasteiger partial charge in [-0.3, -0.25) is 4.98 Å². The van der Waals surface area contributed by atoms with Crippen LogP contribution in [0.4, 0.5) is 0 Å². The fraction of sp³-hybridized carbons (Fsp3) is 0.0455. The van der Waals surface area contributed by atoms with E-state index in [1.807, 2.05) is 12.3 Å². The molecular formula is C22H15NS. The lowest BCUT2D eigenvalue weighted by Gasteiger charge is -2.30. The van der Waals surface area contributed by atoms with Gasteiger partial charge in [0.2, 0.25) is 0 Å². The highest BCUT2D eigenvalue weighted by Crippen LogP contribution is 2.56. The SMILES string of the molecule is c1ccc(C2(c3cccs3)c3ccccc3-c3ccccc32)nc1. The molecule has 0 amide bonds. The first-order chi connectivity index (χ1) is 11.9. The monoisotopic (exact) mass is 325 g/mol. The van der Waals surface area contributed by atoms with Crippen LogP contribution in [-0.2, 0) is 5.41 Å². The summed E-state index contributed by atoms with van der Waals surface area (Å²) in [5, 5.41) is 2.16. The van der Waals surface area contributed by atoms with Crippen LogP contribution < -0.4 is 0 Å². The maximum absolute atomic E-state index is 4.79. The number of thiophene rings is 1. The molecule has 1 aliphatic rings. The largest absolute Gasteiger partial charge is 0.260 e. The zero-order chi connectivity index (χ0) is 16.0. The molecule has 0 atom stereocenters. The first-order valence-electron chi connectivity index (χ1n) is 8.07. The number of fused-ring (bicyclic) bond motifs is 3. The number of nitrogens with zero attached hydrogens (tertiary/aromatic N) is 1. The van der Waals surface area contributed by atoms with Gasteiger partial charge in [0, 0.05) is 11.1 Å². The van der Waals surface area contributed by atoms with Gasteiger partial charge < -0.3 is 0 Å². The van der Waals surface area contributed by atoms with Gasteiger partial charge in [-0.25, -0.2) is 0 Å². The standard InChI is InChI=1S/C22H15NS/c1-3-10-18-16(8-1)17-9-2-4-11-19(17)22(18,21-13-7-15-24-21)20-12-5-6-14-23-20/h1-15H. The van der Waals surface area contributed by atoms with E-state index in [4.69, 9.17) is 4.98 Å². The molecule has 0 aliphatic heterocycles. The lowest BCUT2D eigenvalue weighted by molar-refractivity contribution is 0.751. The van der Waals surface area contributed by atoms with Crippen molar-refractivity contribution >= 4 is 11.3 Å². The van der Waals surface area contributed by atoms with Crippen LogP contribution in [0.15, 0.2) is 90.4 Å². The molecule has 1 aliphatic carbocycles. The van der Waals surface area contributed by atoms with Crippen molar-refractivity contribution in [3.05, 3.63) is 112 Å². The van der Waals surface area contributed by atoms with Crippen LogP contribution in [0.5, 0.6) is 0 Å². The Morgan fingerprint density at radius 2 is 1.33 bits per heavy atom. The zero-order valence-electron chi connectivity index (χ0n) is 13.0. The molecule has 0 N–H and O–H groups in total. The van der Waals surface area contributed by atoms with E-state index in [1.54, 1.807) is 11.3 Å². The van der Waals surface area contributed by atoms with E-state index in [0.717, 1.165) is 5.69 Å². The number of hydrogen-bond acceptors (Lipinski definition) is 2. The first-order valence-corrected chi connectivity index (χ1v) is 8.95. The van der Waals surface area contributed by atoms with Gasteiger partial charge in [0.25, 0.3) is 0 Å². The molecular weight excluding hydrogens is 310 g/mol. The van der Waals surface area contributed by atoms with E-state index in [-0.39, 0.29) is 5.41 Å². The van der Waals surface area contributed by atoms with Gasteiger partial charge in [-0.15, -0.1) is 11.3 Å². The highest BCUT2D eigenvalue weighted by atomic mass is 32.1. The van der Waals surface area contributed by atoms with Gasteiger partial charge in [0.1, 0.15) is 0 Å². The van der Waals surface area contributed by atoms with Crippen LogP contribution in [-0.4, -0.2) is 4.98 Å². The van der Waals surface area contributed by atoms with Crippen molar-refractivity contribution in [3.8, 4) is 11.1 Å². The molecule has 0 fully saturated rings. The first kappa shape index (κ1) is 13.7. The Hall–Kier alpha value is -2.71. The third-order valence-corrected chi connectivity index (χ3v) is 5.88. The predicted molar refractivity (Wildman–Crippen MR) is 99.4 cm³/mol. The minimum Gasteiger partial charge on any atom is -0.260 e. The molecule has 4 aromatic rings. The molecule has 0 saturated carbocycles. The van der Waals surface area contributed by atoms with Crippen molar-refractivity contribution < 1.29 is 0 Å². The molecule has 0 saturated heterocycles. The minimum absolute atomic E-state index is 0.317. The highest BCUT2D eigenvalue weighted by molar-refractivity contribution is 7.10. The molecule has 0 spiro atoms. The van der Waals surface area contributed by atoms with Crippen LogP contribution in [0.3, 0.4) is 0 Å². The topological polar surface area (TPSA) is 12.9 Å². The average molecular weight is 325 g/mol. The molecule has 1 nitrogen and oxygen atoms in total. The molecule has 5 rings (SSSR count). The van der Waals surface area contributed by atoms with Crippen molar-refractivity contribution in [1.29, 1.82) is 0 Å². The summed E-state index contributed by atoms with van der Waals surface area (Å²) in [6, 6.07) is 28.1. The fourth-order valence-corrected chi connectivity index (χ4v) is 4.94. The van der Waals surface area contributed by atoms with Crippen LogP contribution in [0.2, 0.25) is 0 Å². The summed E-state index contributed by atoms with van der Waals surface area (Å²) in [6.45, 7) is 0. The van der Waals surface area contributed by atoms with E-state index >= 15 is 0 Å². The Kier molecular flexibility index (Phi) is 2.94. The van der Waals surface area contributed by atoms with Crippen molar-refractivity contribution in [2.75, 3.05) is 0 Å². The predicted octanol–water partition coefficient (Wildman–Crippen LogP) is 5.51.